The van der Waals surface area contributed by atoms with E-state index in [-0.39, 0.29) is 6.10 Å². The first kappa shape index (κ1) is 7.41. The number of β-amino-alcohol motifs (C(OH)–C–C–N with tert-alkyl or cyclic N) is 1. The van der Waals surface area contributed by atoms with E-state index in [9.17, 15) is 0 Å². The molecule has 0 radical (unpaired) electrons. The van der Waals surface area contributed by atoms with Gasteiger partial charge in [-0.05, 0) is 6.92 Å². The molecule has 3 nitrogen and oxygen atoms in total. The van der Waals surface area contributed by atoms with Crippen LogP contribution in [0.1, 0.15) is 6.92 Å². The van der Waals surface area contributed by atoms with Crippen LogP contribution in [-0.4, -0.2) is 41.3 Å². The highest BCUT2D eigenvalue weighted by atomic mass is 16.3. The number of aliphatic hydroxyl groups excluding tert-OH is 1. The van der Waals surface area contributed by atoms with Crippen LogP contribution in [0.3, 0.4) is 0 Å². The van der Waals surface area contributed by atoms with E-state index < -0.39 is 0 Å². The molecule has 0 aromatic rings. The fraction of sp³-hybridized carbons (Fsp3) is 0.714. The zero-order valence-corrected chi connectivity index (χ0v) is 6.49. The van der Waals surface area contributed by atoms with Crippen LogP contribution in [0.4, 0.5) is 0 Å². The fourth-order valence-corrected chi connectivity index (χ4v) is 1.05. The Morgan fingerprint density at radius 3 is 2.70 bits per heavy atom. The summed E-state index contributed by atoms with van der Waals surface area (Å²) in [7, 11) is 2.01. The summed E-state index contributed by atoms with van der Waals surface area (Å²) in [5.74, 6) is 0. The smallest absolute Gasteiger partial charge is 0.0891 e. The summed E-state index contributed by atoms with van der Waals surface area (Å²) in [6.07, 6.45) is 3.76. The summed E-state index contributed by atoms with van der Waals surface area (Å²) in [5, 5.41) is 9.00. The molecule has 0 saturated carbocycles. The van der Waals surface area contributed by atoms with Crippen molar-refractivity contribution in [3.63, 3.8) is 0 Å². The Balaban J connectivity index is 2.26. The first-order valence-corrected chi connectivity index (χ1v) is 3.49. The quantitative estimate of drug-likeness (QED) is 0.590. The Hall–Kier alpha value is -0.700. The van der Waals surface area contributed by atoms with E-state index in [1.54, 1.807) is 6.92 Å². The SMILES string of the molecule is CC(O)CN1C=CN(C)C1. The van der Waals surface area contributed by atoms with Crippen molar-refractivity contribution in [2.24, 2.45) is 0 Å². The minimum Gasteiger partial charge on any atom is -0.392 e. The Morgan fingerprint density at radius 2 is 2.30 bits per heavy atom. The second-order valence-corrected chi connectivity index (χ2v) is 2.82. The van der Waals surface area contributed by atoms with Gasteiger partial charge in [0.05, 0.1) is 12.8 Å². The molecule has 1 aliphatic rings. The minimum atomic E-state index is -0.240. The number of hydrogen-bond acceptors (Lipinski definition) is 3. The van der Waals surface area contributed by atoms with Gasteiger partial charge in [-0.2, -0.15) is 0 Å². The van der Waals surface area contributed by atoms with Crippen molar-refractivity contribution in [3.05, 3.63) is 12.4 Å². The lowest BCUT2D eigenvalue weighted by atomic mass is 10.4. The van der Waals surface area contributed by atoms with E-state index in [4.69, 9.17) is 5.11 Å². The summed E-state index contributed by atoms with van der Waals surface area (Å²) >= 11 is 0. The standard InChI is InChI=1S/C7H14N2O/c1-7(10)5-9-4-3-8(2)6-9/h3-4,7,10H,5-6H2,1-2H3. The van der Waals surface area contributed by atoms with E-state index in [1.807, 2.05) is 19.4 Å². The Labute approximate surface area is 61.5 Å². The van der Waals surface area contributed by atoms with E-state index in [0.717, 1.165) is 13.2 Å². The lowest BCUT2D eigenvalue weighted by Crippen LogP contribution is -2.28. The number of aliphatic hydroxyl groups is 1. The minimum absolute atomic E-state index is 0.240. The zero-order valence-electron chi connectivity index (χ0n) is 6.49. The van der Waals surface area contributed by atoms with Gasteiger partial charge in [0.1, 0.15) is 0 Å². The van der Waals surface area contributed by atoms with Crippen LogP contribution in [0, 0.1) is 0 Å². The Morgan fingerprint density at radius 1 is 1.60 bits per heavy atom. The highest BCUT2D eigenvalue weighted by Crippen LogP contribution is 2.03. The third kappa shape index (κ3) is 1.92. The van der Waals surface area contributed by atoms with Crippen molar-refractivity contribution in [2.45, 2.75) is 13.0 Å². The highest BCUT2D eigenvalue weighted by molar-refractivity contribution is 4.88. The monoisotopic (exact) mass is 142 g/mol. The van der Waals surface area contributed by atoms with Gasteiger partial charge >= 0.3 is 0 Å². The summed E-state index contributed by atoms with van der Waals surface area (Å²) in [6, 6.07) is 0. The van der Waals surface area contributed by atoms with Gasteiger partial charge < -0.3 is 14.9 Å². The van der Waals surface area contributed by atoms with Crippen molar-refractivity contribution in [3.8, 4) is 0 Å². The van der Waals surface area contributed by atoms with E-state index in [1.165, 1.54) is 0 Å². The zero-order chi connectivity index (χ0) is 7.56. The number of nitrogens with zero attached hydrogens (tertiary/aromatic N) is 2. The summed E-state index contributed by atoms with van der Waals surface area (Å²) in [4.78, 5) is 4.15. The number of hydrogen-bond donors (Lipinski definition) is 1. The van der Waals surface area contributed by atoms with Gasteiger partial charge in [-0.15, -0.1) is 0 Å². The molecule has 58 valence electrons. The lowest BCUT2D eigenvalue weighted by Gasteiger charge is -2.19. The maximum absolute atomic E-state index is 9.00. The van der Waals surface area contributed by atoms with Crippen molar-refractivity contribution >= 4 is 0 Å². The molecule has 0 saturated heterocycles. The molecule has 1 rings (SSSR count). The lowest BCUT2D eigenvalue weighted by molar-refractivity contribution is 0.142. The van der Waals surface area contributed by atoms with E-state index in [2.05, 4.69) is 9.80 Å². The predicted octanol–water partition coefficient (Wildman–Crippen LogP) is 0.0433. The maximum Gasteiger partial charge on any atom is 0.0891 e. The topological polar surface area (TPSA) is 26.7 Å². The van der Waals surface area contributed by atoms with Crippen LogP contribution >= 0.6 is 0 Å². The molecular weight excluding hydrogens is 128 g/mol. The Bertz CT molecular complexity index is 134. The van der Waals surface area contributed by atoms with Gasteiger partial charge in [0.25, 0.3) is 0 Å². The molecule has 0 spiro atoms. The average molecular weight is 142 g/mol. The summed E-state index contributed by atoms with van der Waals surface area (Å²) in [6.45, 7) is 3.41. The molecule has 0 bridgehead atoms. The van der Waals surface area contributed by atoms with Crippen LogP contribution in [0.15, 0.2) is 12.4 Å². The second-order valence-electron chi connectivity index (χ2n) is 2.82. The van der Waals surface area contributed by atoms with Crippen LogP contribution in [0.2, 0.25) is 0 Å². The molecule has 1 aliphatic heterocycles. The van der Waals surface area contributed by atoms with Crippen LogP contribution in [-0.2, 0) is 0 Å². The molecule has 1 unspecified atom stereocenters. The molecule has 0 amide bonds. The van der Waals surface area contributed by atoms with Crippen molar-refractivity contribution < 1.29 is 5.11 Å². The van der Waals surface area contributed by atoms with Crippen LogP contribution < -0.4 is 0 Å². The predicted molar refractivity (Wildman–Crippen MR) is 40.2 cm³/mol. The van der Waals surface area contributed by atoms with Gasteiger partial charge in [0.15, 0.2) is 0 Å². The van der Waals surface area contributed by atoms with E-state index >= 15 is 0 Å². The third-order valence-corrected chi connectivity index (χ3v) is 1.44. The molecule has 0 aliphatic carbocycles. The second kappa shape index (κ2) is 2.92. The molecule has 1 heterocycles. The molecule has 0 fully saturated rings. The molecule has 10 heavy (non-hydrogen) atoms. The fourth-order valence-electron chi connectivity index (χ4n) is 1.05. The first-order valence-electron chi connectivity index (χ1n) is 3.49. The van der Waals surface area contributed by atoms with Crippen LogP contribution in [0.25, 0.3) is 0 Å². The van der Waals surface area contributed by atoms with Gasteiger partial charge in [-0.3, -0.25) is 0 Å². The maximum atomic E-state index is 9.00. The Kier molecular flexibility index (Phi) is 2.17. The molecular formula is C7H14N2O. The van der Waals surface area contributed by atoms with Crippen molar-refractivity contribution in [2.75, 3.05) is 20.3 Å². The van der Waals surface area contributed by atoms with Gasteiger partial charge in [0, 0.05) is 26.0 Å². The van der Waals surface area contributed by atoms with Gasteiger partial charge in [0.2, 0.25) is 0 Å². The first-order chi connectivity index (χ1) is 4.68. The highest BCUT2D eigenvalue weighted by Gasteiger charge is 2.09. The third-order valence-electron chi connectivity index (χ3n) is 1.44. The van der Waals surface area contributed by atoms with Crippen molar-refractivity contribution in [1.29, 1.82) is 0 Å². The normalized spacial score (nSPS) is 20.3. The molecule has 0 aromatic heterocycles. The van der Waals surface area contributed by atoms with Crippen LogP contribution in [0.5, 0.6) is 0 Å². The summed E-state index contributed by atoms with van der Waals surface area (Å²) in [5.41, 5.74) is 0. The average Bonchev–Trinajstić information content (AvgIpc) is 2.13. The molecule has 0 aromatic carbocycles. The van der Waals surface area contributed by atoms with Gasteiger partial charge in [-0.25, -0.2) is 0 Å². The largest absolute Gasteiger partial charge is 0.392 e. The van der Waals surface area contributed by atoms with Crippen molar-refractivity contribution in [1.82, 2.24) is 9.80 Å². The summed E-state index contributed by atoms with van der Waals surface area (Å²) < 4.78 is 0. The van der Waals surface area contributed by atoms with Gasteiger partial charge in [-0.1, -0.05) is 0 Å². The molecule has 1 N–H and O–H groups in total. The molecule has 1 atom stereocenters. The number of rotatable bonds is 2. The van der Waals surface area contributed by atoms with E-state index in [0.29, 0.717) is 0 Å². The molecule has 3 heteroatoms.